The molecule has 2 aromatic carbocycles. The summed E-state index contributed by atoms with van der Waals surface area (Å²) in [7, 11) is 3.66. The Morgan fingerprint density at radius 3 is 2.33 bits per heavy atom. The lowest BCUT2D eigenvalue weighted by Crippen LogP contribution is -2.36. The van der Waals surface area contributed by atoms with Gasteiger partial charge in [0, 0.05) is 56.9 Å². The van der Waals surface area contributed by atoms with E-state index >= 15 is 0 Å². The van der Waals surface area contributed by atoms with E-state index < -0.39 is 5.82 Å². The third kappa shape index (κ3) is 5.61. The SMILES string of the molecule is CN(C)/C=C\N(C=O)c1ccc(-c2cc(F)cc(-c3ccnc(N4CCC(O)CC4)c3)c2O)cc1Cl. The number of anilines is 2. The number of phenols is 1. The predicted molar refractivity (Wildman–Crippen MR) is 141 cm³/mol. The van der Waals surface area contributed by atoms with Crippen LogP contribution in [0.1, 0.15) is 12.8 Å². The first-order valence-electron chi connectivity index (χ1n) is 11.6. The summed E-state index contributed by atoms with van der Waals surface area (Å²) in [6.07, 6.45) is 6.56. The maximum absolute atomic E-state index is 14.7. The maximum Gasteiger partial charge on any atom is 0.218 e. The van der Waals surface area contributed by atoms with Gasteiger partial charge in [-0.1, -0.05) is 17.7 Å². The molecular formula is C27H28ClFN4O3. The van der Waals surface area contributed by atoms with Gasteiger partial charge in [-0.25, -0.2) is 9.37 Å². The van der Waals surface area contributed by atoms with Crippen molar-refractivity contribution in [3.8, 4) is 28.0 Å². The lowest BCUT2D eigenvalue weighted by molar-refractivity contribution is -0.106. The van der Waals surface area contributed by atoms with E-state index in [1.165, 1.54) is 17.0 Å². The fourth-order valence-electron chi connectivity index (χ4n) is 4.15. The lowest BCUT2D eigenvalue weighted by Gasteiger charge is -2.30. The van der Waals surface area contributed by atoms with Crippen molar-refractivity contribution in [2.75, 3.05) is 37.0 Å². The molecule has 2 N–H and O–H groups in total. The third-order valence-corrected chi connectivity index (χ3v) is 6.40. The minimum Gasteiger partial charge on any atom is -0.507 e. The Bertz CT molecular complexity index is 1280. The van der Waals surface area contributed by atoms with Gasteiger partial charge < -0.3 is 20.0 Å². The summed E-state index contributed by atoms with van der Waals surface area (Å²) in [4.78, 5) is 21.2. The largest absolute Gasteiger partial charge is 0.507 e. The number of rotatable bonds is 7. The Morgan fingerprint density at radius 2 is 1.72 bits per heavy atom. The van der Waals surface area contributed by atoms with E-state index in [2.05, 4.69) is 9.88 Å². The summed E-state index contributed by atoms with van der Waals surface area (Å²) in [5.74, 6) is 0.101. The van der Waals surface area contributed by atoms with Crippen LogP contribution < -0.4 is 9.80 Å². The molecule has 1 aliphatic rings. The molecule has 4 rings (SSSR count). The van der Waals surface area contributed by atoms with Gasteiger partial charge >= 0.3 is 0 Å². The zero-order valence-electron chi connectivity index (χ0n) is 20.1. The van der Waals surface area contributed by atoms with Crippen LogP contribution in [0.25, 0.3) is 22.3 Å². The smallest absolute Gasteiger partial charge is 0.218 e. The van der Waals surface area contributed by atoms with Crippen molar-refractivity contribution in [2.24, 2.45) is 0 Å². The number of benzene rings is 2. The van der Waals surface area contributed by atoms with E-state index in [-0.39, 0.29) is 22.4 Å². The van der Waals surface area contributed by atoms with Gasteiger partial charge in [0.25, 0.3) is 0 Å². The molecule has 0 aliphatic carbocycles. The zero-order chi connectivity index (χ0) is 25.8. The molecule has 0 atom stereocenters. The number of halogens is 2. The minimum atomic E-state index is -0.513. The molecule has 1 aromatic heterocycles. The molecule has 1 amide bonds. The van der Waals surface area contributed by atoms with Gasteiger partial charge in [-0.3, -0.25) is 9.69 Å². The van der Waals surface area contributed by atoms with Crippen molar-refractivity contribution in [1.29, 1.82) is 0 Å². The van der Waals surface area contributed by atoms with Gasteiger partial charge in [-0.05, 0) is 60.4 Å². The van der Waals surface area contributed by atoms with E-state index in [0.717, 1.165) is 0 Å². The highest BCUT2D eigenvalue weighted by Crippen LogP contribution is 2.41. The molecule has 0 radical (unpaired) electrons. The van der Waals surface area contributed by atoms with Crippen LogP contribution in [0.15, 0.2) is 61.1 Å². The fraction of sp³-hybridized carbons (Fsp3) is 0.259. The molecule has 188 valence electrons. The molecule has 0 spiro atoms. The van der Waals surface area contributed by atoms with Crippen LogP contribution in [-0.2, 0) is 4.79 Å². The molecule has 9 heteroatoms. The Balaban J connectivity index is 1.69. The molecule has 1 fully saturated rings. The number of aliphatic hydroxyl groups excluding tert-OH is 1. The van der Waals surface area contributed by atoms with Gasteiger partial charge in [-0.2, -0.15) is 0 Å². The van der Waals surface area contributed by atoms with Crippen molar-refractivity contribution >= 4 is 29.5 Å². The van der Waals surface area contributed by atoms with E-state index in [1.54, 1.807) is 47.8 Å². The molecule has 7 nitrogen and oxygen atoms in total. The number of hydrogen-bond donors (Lipinski definition) is 2. The summed E-state index contributed by atoms with van der Waals surface area (Å²) in [5.41, 5.74) is 2.18. The number of carbonyl (C=O) groups excluding carboxylic acids is 1. The summed E-state index contributed by atoms with van der Waals surface area (Å²) in [6, 6.07) is 11.0. The van der Waals surface area contributed by atoms with Crippen molar-refractivity contribution in [3.05, 3.63) is 71.9 Å². The first kappa shape index (κ1) is 25.5. The molecule has 2 heterocycles. The second-order valence-electron chi connectivity index (χ2n) is 8.91. The number of piperidine rings is 1. The normalized spacial score (nSPS) is 14.3. The summed E-state index contributed by atoms with van der Waals surface area (Å²) in [5, 5.41) is 21.2. The number of aromatic hydroxyl groups is 1. The highest BCUT2D eigenvalue weighted by Gasteiger charge is 2.20. The molecule has 1 aliphatic heterocycles. The second-order valence-corrected chi connectivity index (χ2v) is 9.32. The monoisotopic (exact) mass is 510 g/mol. The van der Waals surface area contributed by atoms with Crippen LogP contribution in [-0.4, -0.2) is 59.8 Å². The molecule has 36 heavy (non-hydrogen) atoms. The predicted octanol–water partition coefficient (Wildman–Crippen LogP) is 4.87. The Hall–Kier alpha value is -3.62. The van der Waals surface area contributed by atoms with Gasteiger partial charge in [-0.15, -0.1) is 0 Å². The van der Waals surface area contributed by atoms with Crippen molar-refractivity contribution in [2.45, 2.75) is 18.9 Å². The number of hydrogen-bond acceptors (Lipinski definition) is 6. The first-order valence-corrected chi connectivity index (χ1v) is 11.9. The number of carbonyl (C=O) groups is 1. The number of phenolic OH excluding ortho intramolecular Hbond substituents is 1. The van der Waals surface area contributed by atoms with E-state index in [1.807, 2.05) is 20.2 Å². The van der Waals surface area contributed by atoms with Crippen LogP contribution in [0.3, 0.4) is 0 Å². The van der Waals surface area contributed by atoms with Gasteiger partial charge in [0.15, 0.2) is 0 Å². The van der Waals surface area contributed by atoms with Crippen LogP contribution in [0.5, 0.6) is 5.75 Å². The minimum absolute atomic E-state index is 0.0915. The molecule has 1 saturated heterocycles. The number of aliphatic hydroxyl groups is 1. The highest BCUT2D eigenvalue weighted by atomic mass is 35.5. The number of pyridine rings is 1. The summed E-state index contributed by atoms with van der Waals surface area (Å²) < 4.78 is 14.7. The number of aromatic nitrogens is 1. The fourth-order valence-corrected chi connectivity index (χ4v) is 4.43. The topological polar surface area (TPSA) is 80.1 Å². The van der Waals surface area contributed by atoms with Gasteiger partial charge in [0.05, 0.1) is 16.8 Å². The number of nitrogens with zero attached hydrogens (tertiary/aromatic N) is 4. The number of amides is 1. The average Bonchev–Trinajstić information content (AvgIpc) is 2.86. The zero-order valence-corrected chi connectivity index (χ0v) is 20.9. The summed E-state index contributed by atoms with van der Waals surface area (Å²) >= 11 is 6.48. The first-order chi connectivity index (χ1) is 17.3. The van der Waals surface area contributed by atoms with Crippen molar-refractivity contribution < 1.29 is 19.4 Å². The molecule has 0 saturated carbocycles. The molecule has 3 aromatic rings. The summed E-state index contributed by atoms with van der Waals surface area (Å²) in [6.45, 7) is 1.34. The van der Waals surface area contributed by atoms with Crippen LogP contribution >= 0.6 is 11.6 Å². The molecule has 0 unspecified atom stereocenters. The Morgan fingerprint density at radius 1 is 1.06 bits per heavy atom. The van der Waals surface area contributed by atoms with Crippen LogP contribution in [0.2, 0.25) is 5.02 Å². The van der Waals surface area contributed by atoms with E-state index in [9.17, 15) is 19.4 Å². The van der Waals surface area contributed by atoms with Crippen LogP contribution in [0.4, 0.5) is 15.9 Å². The maximum atomic E-state index is 14.7. The Kier molecular flexibility index (Phi) is 7.76. The highest BCUT2D eigenvalue weighted by molar-refractivity contribution is 6.34. The van der Waals surface area contributed by atoms with E-state index in [0.29, 0.717) is 60.5 Å². The standard InChI is InChI=1S/C27H28ClFN4O3/c1-31(2)11-12-33(17-34)25-4-3-18(13-24(25)28)22-15-20(29)16-23(27(22)36)19-5-8-30-26(14-19)32-9-6-21(35)7-10-32/h3-5,8,11-17,21,35-36H,6-7,9-10H2,1-2H3/b12-11-. The third-order valence-electron chi connectivity index (χ3n) is 6.10. The average molecular weight is 511 g/mol. The van der Waals surface area contributed by atoms with Gasteiger partial charge in [0.2, 0.25) is 6.41 Å². The van der Waals surface area contributed by atoms with Crippen LogP contribution in [0, 0.1) is 5.82 Å². The second kappa shape index (κ2) is 11.0. The Labute approximate surface area is 214 Å². The van der Waals surface area contributed by atoms with Crippen molar-refractivity contribution in [3.63, 3.8) is 0 Å². The quantitative estimate of drug-likeness (QED) is 0.441. The van der Waals surface area contributed by atoms with Crippen molar-refractivity contribution in [1.82, 2.24) is 9.88 Å². The lowest BCUT2D eigenvalue weighted by atomic mass is 9.97. The van der Waals surface area contributed by atoms with Gasteiger partial charge in [0.1, 0.15) is 17.4 Å². The van der Waals surface area contributed by atoms with E-state index in [4.69, 9.17) is 11.6 Å². The molecular weight excluding hydrogens is 483 g/mol. The molecule has 0 bridgehead atoms.